The molecular weight excluding hydrogens is 392 g/mol. The van der Waals surface area contributed by atoms with Crippen LogP contribution in [0.15, 0.2) is 71.9 Å². The fourth-order valence-electron chi connectivity index (χ4n) is 3.86. The van der Waals surface area contributed by atoms with Crippen LogP contribution in [-0.2, 0) is 6.54 Å². The molecule has 0 bridgehead atoms. The summed E-state index contributed by atoms with van der Waals surface area (Å²) in [5.41, 5.74) is 1.98. The van der Waals surface area contributed by atoms with Gasteiger partial charge < -0.3 is 9.47 Å². The zero-order valence-electron chi connectivity index (χ0n) is 17.4. The lowest BCUT2D eigenvalue weighted by molar-refractivity contribution is 0.0630. The lowest BCUT2D eigenvalue weighted by Crippen LogP contribution is -2.49. The number of aromatic nitrogens is 2. The van der Waals surface area contributed by atoms with E-state index in [1.165, 1.54) is 0 Å². The number of nitrogens with zero attached hydrogens (tertiary/aromatic N) is 4. The number of thioether (sulfide) groups is 1. The van der Waals surface area contributed by atoms with Crippen LogP contribution in [0.5, 0.6) is 0 Å². The summed E-state index contributed by atoms with van der Waals surface area (Å²) in [5.74, 6) is 2.14. The molecule has 2 heterocycles. The average Bonchev–Trinajstić information content (AvgIpc) is 3.27. The Morgan fingerprint density at radius 2 is 1.70 bits per heavy atom. The van der Waals surface area contributed by atoms with Crippen LogP contribution in [0.25, 0.3) is 11.4 Å². The van der Waals surface area contributed by atoms with E-state index in [1.54, 1.807) is 11.8 Å². The second kappa shape index (κ2) is 9.96. The van der Waals surface area contributed by atoms with E-state index in [2.05, 4.69) is 33.5 Å². The Morgan fingerprint density at radius 3 is 2.47 bits per heavy atom. The molecule has 0 radical (unpaired) electrons. The van der Waals surface area contributed by atoms with E-state index in [-0.39, 0.29) is 5.91 Å². The molecule has 0 aliphatic carbocycles. The van der Waals surface area contributed by atoms with Crippen LogP contribution in [0.2, 0.25) is 0 Å². The second-order valence-electron chi connectivity index (χ2n) is 7.37. The van der Waals surface area contributed by atoms with Crippen molar-refractivity contribution >= 4 is 17.7 Å². The fraction of sp³-hybridized carbons (Fsp3) is 0.333. The predicted molar refractivity (Wildman–Crippen MR) is 123 cm³/mol. The highest BCUT2D eigenvalue weighted by Gasteiger charge is 2.23. The molecule has 0 N–H and O–H groups in total. The van der Waals surface area contributed by atoms with E-state index in [1.807, 2.05) is 59.8 Å². The standard InChI is InChI=1S/C24H28N4OS/c1-2-30-22-11-7-6-10-21(22)24(29)28-18-15-26(16-19-28)14-17-27-13-12-25-23(27)20-8-4-3-5-9-20/h3-13H,2,14-19H2,1H3. The van der Waals surface area contributed by atoms with Crippen LogP contribution in [-0.4, -0.2) is 63.7 Å². The van der Waals surface area contributed by atoms with Gasteiger partial charge >= 0.3 is 0 Å². The number of carbonyl (C=O) groups is 1. The Labute approximate surface area is 182 Å². The van der Waals surface area contributed by atoms with Crippen molar-refractivity contribution in [3.63, 3.8) is 0 Å². The van der Waals surface area contributed by atoms with Gasteiger partial charge in [0.15, 0.2) is 0 Å². The van der Waals surface area contributed by atoms with Gasteiger partial charge in [-0.1, -0.05) is 49.4 Å². The minimum atomic E-state index is 0.159. The van der Waals surface area contributed by atoms with Crippen LogP contribution < -0.4 is 0 Å². The van der Waals surface area contributed by atoms with E-state index in [4.69, 9.17) is 0 Å². The van der Waals surface area contributed by atoms with Gasteiger partial charge in [-0.15, -0.1) is 11.8 Å². The van der Waals surface area contributed by atoms with Gasteiger partial charge in [-0.05, 0) is 17.9 Å². The first-order chi connectivity index (χ1) is 14.8. The van der Waals surface area contributed by atoms with Gasteiger partial charge in [0, 0.05) is 62.1 Å². The first-order valence-corrected chi connectivity index (χ1v) is 11.5. The van der Waals surface area contributed by atoms with Crippen molar-refractivity contribution in [1.82, 2.24) is 19.4 Å². The number of carbonyl (C=O) groups excluding carboxylic acids is 1. The molecule has 156 valence electrons. The molecule has 1 amide bonds. The topological polar surface area (TPSA) is 41.4 Å². The Morgan fingerprint density at radius 1 is 0.967 bits per heavy atom. The van der Waals surface area contributed by atoms with Gasteiger partial charge in [0.2, 0.25) is 0 Å². The summed E-state index contributed by atoms with van der Waals surface area (Å²) in [6.45, 7) is 7.34. The highest BCUT2D eigenvalue weighted by molar-refractivity contribution is 7.99. The minimum absolute atomic E-state index is 0.159. The molecule has 0 spiro atoms. The van der Waals surface area contributed by atoms with Gasteiger partial charge in [0.25, 0.3) is 5.91 Å². The van der Waals surface area contributed by atoms with Crippen LogP contribution in [0.4, 0.5) is 0 Å². The number of hydrogen-bond acceptors (Lipinski definition) is 4. The summed E-state index contributed by atoms with van der Waals surface area (Å²) in [6.07, 6.45) is 3.91. The third-order valence-electron chi connectivity index (χ3n) is 5.48. The summed E-state index contributed by atoms with van der Waals surface area (Å²) in [5, 5.41) is 0. The zero-order valence-corrected chi connectivity index (χ0v) is 18.2. The number of hydrogen-bond donors (Lipinski definition) is 0. The van der Waals surface area contributed by atoms with E-state index >= 15 is 0 Å². The van der Waals surface area contributed by atoms with Crippen molar-refractivity contribution in [2.75, 3.05) is 38.5 Å². The first kappa shape index (κ1) is 20.7. The average molecular weight is 421 g/mol. The molecule has 6 heteroatoms. The summed E-state index contributed by atoms with van der Waals surface area (Å²) in [7, 11) is 0. The van der Waals surface area contributed by atoms with E-state index in [0.29, 0.717) is 0 Å². The molecule has 1 aromatic heterocycles. The third-order valence-corrected chi connectivity index (χ3v) is 6.44. The summed E-state index contributed by atoms with van der Waals surface area (Å²) in [6, 6.07) is 18.3. The molecule has 2 aromatic carbocycles. The molecule has 3 aromatic rings. The molecule has 1 fully saturated rings. The molecule has 0 saturated carbocycles. The Kier molecular flexibility index (Phi) is 6.87. The fourth-order valence-corrected chi connectivity index (χ4v) is 4.65. The quantitative estimate of drug-likeness (QED) is 0.539. The molecule has 0 atom stereocenters. The monoisotopic (exact) mass is 420 g/mol. The first-order valence-electron chi connectivity index (χ1n) is 10.6. The van der Waals surface area contributed by atoms with Crippen LogP contribution in [0, 0.1) is 0 Å². The molecule has 1 saturated heterocycles. The number of rotatable bonds is 7. The van der Waals surface area contributed by atoms with Crippen LogP contribution in [0.3, 0.4) is 0 Å². The lowest BCUT2D eigenvalue weighted by Gasteiger charge is -2.35. The smallest absolute Gasteiger partial charge is 0.255 e. The van der Waals surface area contributed by atoms with E-state index < -0.39 is 0 Å². The van der Waals surface area contributed by atoms with Gasteiger partial charge in [-0.3, -0.25) is 9.69 Å². The maximum Gasteiger partial charge on any atom is 0.255 e. The normalized spacial score (nSPS) is 14.8. The Bertz CT molecular complexity index is 964. The number of piperazine rings is 1. The molecule has 1 aliphatic heterocycles. The molecular formula is C24H28N4OS. The largest absolute Gasteiger partial charge is 0.336 e. The molecule has 1 aliphatic rings. The maximum atomic E-state index is 13.0. The van der Waals surface area contributed by atoms with E-state index in [9.17, 15) is 4.79 Å². The van der Waals surface area contributed by atoms with Gasteiger partial charge in [-0.25, -0.2) is 4.98 Å². The second-order valence-corrected chi connectivity index (χ2v) is 8.68. The number of benzene rings is 2. The highest BCUT2D eigenvalue weighted by Crippen LogP contribution is 2.24. The van der Waals surface area contributed by atoms with Crippen LogP contribution in [0.1, 0.15) is 17.3 Å². The SMILES string of the molecule is CCSc1ccccc1C(=O)N1CCN(CCn2ccnc2-c2ccccc2)CC1. The Hall–Kier alpha value is -2.57. The summed E-state index contributed by atoms with van der Waals surface area (Å²) >= 11 is 1.73. The van der Waals surface area contributed by atoms with Crippen molar-refractivity contribution in [3.8, 4) is 11.4 Å². The zero-order chi connectivity index (χ0) is 20.8. The highest BCUT2D eigenvalue weighted by atomic mass is 32.2. The number of imidazole rings is 1. The van der Waals surface area contributed by atoms with Crippen molar-refractivity contribution in [2.45, 2.75) is 18.4 Å². The third kappa shape index (κ3) is 4.77. The summed E-state index contributed by atoms with van der Waals surface area (Å²) in [4.78, 5) is 23.1. The summed E-state index contributed by atoms with van der Waals surface area (Å²) < 4.78 is 2.21. The Balaban J connectivity index is 1.32. The van der Waals surface area contributed by atoms with Crippen molar-refractivity contribution < 1.29 is 4.79 Å². The van der Waals surface area contributed by atoms with Gasteiger partial charge in [-0.2, -0.15) is 0 Å². The van der Waals surface area contributed by atoms with Gasteiger partial charge in [0.1, 0.15) is 5.82 Å². The molecule has 5 nitrogen and oxygen atoms in total. The molecule has 0 unspecified atom stereocenters. The van der Waals surface area contributed by atoms with E-state index in [0.717, 1.165) is 66.9 Å². The van der Waals surface area contributed by atoms with Crippen molar-refractivity contribution in [2.24, 2.45) is 0 Å². The van der Waals surface area contributed by atoms with Gasteiger partial charge in [0.05, 0.1) is 5.56 Å². The minimum Gasteiger partial charge on any atom is -0.336 e. The lowest BCUT2D eigenvalue weighted by atomic mass is 10.2. The molecule has 30 heavy (non-hydrogen) atoms. The molecule has 4 rings (SSSR count). The number of amides is 1. The predicted octanol–water partition coefficient (Wildman–Crippen LogP) is 4.12. The van der Waals surface area contributed by atoms with Crippen molar-refractivity contribution in [1.29, 1.82) is 0 Å². The van der Waals surface area contributed by atoms with Crippen molar-refractivity contribution in [3.05, 3.63) is 72.6 Å². The maximum absolute atomic E-state index is 13.0. The van der Waals surface area contributed by atoms with Crippen LogP contribution >= 0.6 is 11.8 Å².